The standard InChI is InChI=1S/C14H21NO4/c1-5-18-13-8-11(9-16)6-7-12(13)19-10(2)14(17)15(3)4/h6-8,10,16H,5,9H2,1-4H3/t10-/m1/s1. The van der Waals surface area contributed by atoms with Gasteiger partial charge in [-0.15, -0.1) is 0 Å². The molecule has 0 heterocycles. The van der Waals surface area contributed by atoms with Gasteiger partial charge in [-0.1, -0.05) is 6.07 Å². The molecule has 1 aromatic rings. The number of ether oxygens (including phenoxy) is 2. The normalized spacial score (nSPS) is 11.8. The predicted molar refractivity (Wildman–Crippen MR) is 72.3 cm³/mol. The van der Waals surface area contributed by atoms with Crippen molar-refractivity contribution in [3.8, 4) is 11.5 Å². The van der Waals surface area contributed by atoms with Crippen LogP contribution < -0.4 is 9.47 Å². The van der Waals surface area contributed by atoms with E-state index in [0.717, 1.165) is 5.56 Å². The Labute approximate surface area is 113 Å². The van der Waals surface area contributed by atoms with Crippen molar-refractivity contribution in [1.29, 1.82) is 0 Å². The zero-order chi connectivity index (χ0) is 14.4. The first kappa shape index (κ1) is 15.3. The molecule has 0 saturated carbocycles. The summed E-state index contributed by atoms with van der Waals surface area (Å²) in [5, 5.41) is 9.11. The van der Waals surface area contributed by atoms with Crippen molar-refractivity contribution >= 4 is 5.91 Å². The van der Waals surface area contributed by atoms with Crippen LogP contribution in [0.1, 0.15) is 19.4 Å². The molecule has 0 fully saturated rings. The van der Waals surface area contributed by atoms with Crippen molar-refractivity contribution in [3.05, 3.63) is 23.8 Å². The summed E-state index contributed by atoms with van der Waals surface area (Å²) in [6.07, 6.45) is -0.589. The van der Waals surface area contributed by atoms with Gasteiger partial charge in [0.2, 0.25) is 0 Å². The van der Waals surface area contributed by atoms with Crippen molar-refractivity contribution in [3.63, 3.8) is 0 Å². The van der Waals surface area contributed by atoms with Gasteiger partial charge < -0.3 is 19.5 Å². The number of carbonyl (C=O) groups is 1. The average Bonchev–Trinajstić information content (AvgIpc) is 2.39. The Balaban J connectivity index is 2.90. The van der Waals surface area contributed by atoms with E-state index in [1.807, 2.05) is 6.92 Å². The Kier molecular flexibility index (Phi) is 5.63. The van der Waals surface area contributed by atoms with Crippen LogP contribution in [-0.2, 0) is 11.4 Å². The molecule has 0 aliphatic carbocycles. The van der Waals surface area contributed by atoms with Gasteiger partial charge in [0.1, 0.15) is 0 Å². The van der Waals surface area contributed by atoms with Gasteiger partial charge in [-0.3, -0.25) is 4.79 Å². The summed E-state index contributed by atoms with van der Waals surface area (Å²) in [7, 11) is 3.36. The molecule has 1 amide bonds. The first-order chi connectivity index (χ1) is 8.99. The van der Waals surface area contributed by atoms with Crippen molar-refractivity contribution in [1.82, 2.24) is 4.90 Å². The van der Waals surface area contributed by atoms with Gasteiger partial charge >= 0.3 is 0 Å². The fourth-order valence-electron chi connectivity index (χ4n) is 1.62. The van der Waals surface area contributed by atoms with E-state index in [9.17, 15) is 4.79 Å². The third-order valence-corrected chi connectivity index (χ3v) is 2.58. The second-order valence-corrected chi connectivity index (χ2v) is 4.36. The minimum atomic E-state index is -0.589. The van der Waals surface area contributed by atoms with Gasteiger partial charge in [0.25, 0.3) is 5.91 Å². The molecular formula is C14H21NO4. The van der Waals surface area contributed by atoms with Crippen molar-refractivity contribution in [2.75, 3.05) is 20.7 Å². The Bertz CT molecular complexity index is 431. The fourth-order valence-corrected chi connectivity index (χ4v) is 1.62. The number of carbonyl (C=O) groups excluding carboxylic acids is 1. The van der Waals surface area contributed by atoms with Crippen LogP contribution in [0.3, 0.4) is 0 Å². The monoisotopic (exact) mass is 267 g/mol. The summed E-state index contributed by atoms with van der Waals surface area (Å²) in [5.74, 6) is 0.919. The lowest BCUT2D eigenvalue weighted by Crippen LogP contribution is -2.35. The molecule has 1 atom stereocenters. The van der Waals surface area contributed by atoms with Crippen molar-refractivity contribution in [2.45, 2.75) is 26.6 Å². The van der Waals surface area contributed by atoms with E-state index in [1.54, 1.807) is 39.2 Å². The number of likely N-dealkylation sites (N-methyl/N-ethyl adjacent to an activating group) is 1. The van der Waals surface area contributed by atoms with Gasteiger partial charge in [-0.05, 0) is 31.5 Å². The van der Waals surface area contributed by atoms with E-state index in [4.69, 9.17) is 14.6 Å². The van der Waals surface area contributed by atoms with Crippen LogP contribution >= 0.6 is 0 Å². The molecule has 5 heteroatoms. The van der Waals surface area contributed by atoms with Crippen molar-refractivity contribution in [2.24, 2.45) is 0 Å². The number of hydrogen-bond acceptors (Lipinski definition) is 4. The van der Waals surface area contributed by atoms with Gasteiger partial charge in [0, 0.05) is 14.1 Å². The summed E-state index contributed by atoms with van der Waals surface area (Å²) < 4.78 is 11.1. The van der Waals surface area contributed by atoms with Gasteiger partial charge in [-0.2, -0.15) is 0 Å². The largest absolute Gasteiger partial charge is 0.490 e. The van der Waals surface area contributed by atoms with E-state index < -0.39 is 6.10 Å². The Morgan fingerprint density at radius 3 is 2.58 bits per heavy atom. The predicted octanol–water partition coefficient (Wildman–Crippen LogP) is 1.43. The van der Waals surface area contributed by atoms with Gasteiger partial charge in [0.05, 0.1) is 13.2 Å². The van der Waals surface area contributed by atoms with Gasteiger partial charge in [0.15, 0.2) is 17.6 Å². The Morgan fingerprint density at radius 2 is 2.05 bits per heavy atom. The van der Waals surface area contributed by atoms with Crippen LogP contribution in [0.15, 0.2) is 18.2 Å². The van der Waals surface area contributed by atoms with E-state index in [-0.39, 0.29) is 12.5 Å². The highest BCUT2D eigenvalue weighted by atomic mass is 16.5. The maximum atomic E-state index is 11.8. The highest BCUT2D eigenvalue weighted by Crippen LogP contribution is 2.29. The fraction of sp³-hybridized carbons (Fsp3) is 0.500. The van der Waals surface area contributed by atoms with Crippen LogP contribution in [0, 0.1) is 0 Å². The summed E-state index contributed by atoms with van der Waals surface area (Å²) in [6.45, 7) is 3.98. The molecule has 1 rings (SSSR count). The zero-order valence-electron chi connectivity index (χ0n) is 11.8. The molecule has 0 spiro atoms. The summed E-state index contributed by atoms with van der Waals surface area (Å²) >= 11 is 0. The summed E-state index contributed by atoms with van der Waals surface area (Å²) in [4.78, 5) is 13.2. The van der Waals surface area contributed by atoms with Crippen LogP contribution in [0.5, 0.6) is 11.5 Å². The lowest BCUT2D eigenvalue weighted by molar-refractivity contribution is -0.135. The van der Waals surface area contributed by atoms with Crippen LogP contribution in [0.4, 0.5) is 0 Å². The quantitative estimate of drug-likeness (QED) is 0.847. The van der Waals surface area contributed by atoms with E-state index >= 15 is 0 Å². The first-order valence-electron chi connectivity index (χ1n) is 6.24. The van der Waals surface area contributed by atoms with E-state index in [0.29, 0.717) is 18.1 Å². The number of hydrogen-bond donors (Lipinski definition) is 1. The number of nitrogens with zero attached hydrogens (tertiary/aromatic N) is 1. The highest BCUT2D eigenvalue weighted by molar-refractivity contribution is 5.80. The maximum absolute atomic E-state index is 11.8. The molecule has 0 aliphatic rings. The SMILES string of the molecule is CCOc1cc(CO)ccc1O[C@H](C)C(=O)N(C)C. The molecule has 0 radical (unpaired) electrons. The third-order valence-electron chi connectivity index (χ3n) is 2.58. The molecule has 0 aliphatic heterocycles. The molecule has 0 unspecified atom stereocenters. The smallest absolute Gasteiger partial charge is 0.262 e. The number of benzene rings is 1. The number of amides is 1. The molecule has 1 N–H and O–H groups in total. The molecule has 1 aromatic carbocycles. The minimum absolute atomic E-state index is 0.0630. The maximum Gasteiger partial charge on any atom is 0.262 e. The topological polar surface area (TPSA) is 59.0 Å². The number of aliphatic hydroxyl groups is 1. The van der Waals surface area contributed by atoms with Crippen molar-refractivity contribution < 1.29 is 19.4 Å². The van der Waals surface area contributed by atoms with E-state index in [2.05, 4.69) is 0 Å². The second kappa shape index (κ2) is 6.99. The molecule has 5 nitrogen and oxygen atoms in total. The molecule has 0 saturated heterocycles. The highest BCUT2D eigenvalue weighted by Gasteiger charge is 2.18. The Morgan fingerprint density at radius 1 is 1.37 bits per heavy atom. The lowest BCUT2D eigenvalue weighted by Gasteiger charge is -2.20. The molecule has 0 aromatic heterocycles. The Hall–Kier alpha value is -1.75. The van der Waals surface area contributed by atoms with E-state index in [1.165, 1.54) is 4.90 Å². The third kappa shape index (κ3) is 4.13. The molecule has 0 bridgehead atoms. The number of aliphatic hydroxyl groups excluding tert-OH is 1. The minimum Gasteiger partial charge on any atom is -0.490 e. The molecule has 19 heavy (non-hydrogen) atoms. The second-order valence-electron chi connectivity index (χ2n) is 4.36. The first-order valence-corrected chi connectivity index (χ1v) is 6.24. The molecular weight excluding hydrogens is 246 g/mol. The number of rotatable bonds is 6. The van der Waals surface area contributed by atoms with Crippen LogP contribution in [0.2, 0.25) is 0 Å². The average molecular weight is 267 g/mol. The zero-order valence-corrected chi connectivity index (χ0v) is 11.8. The summed E-state index contributed by atoms with van der Waals surface area (Å²) in [6, 6.07) is 5.16. The van der Waals surface area contributed by atoms with Crippen LogP contribution in [0.25, 0.3) is 0 Å². The molecule has 106 valence electrons. The summed E-state index contributed by atoms with van der Waals surface area (Å²) in [5.41, 5.74) is 0.738. The lowest BCUT2D eigenvalue weighted by atomic mass is 10.2. The van der Waals surface area contributed by atoms with Crippen LogP contribution in [-0.4, -0.2) is 42.7 Å². The van der Waals surface area contributed by atoms with Gasteiger partial charge in [-0.25, -0.2) is 0 Å².